The molecular weight excluding hydrogens is 327 g/mol. The van der Waals surface area contributed by atoms with Crippen LogP contribution in [0.3, 0.4) is 0 Å². The molecule has 8 nitrogen and oxygen atoms in total. The molecule has 0 radical (unpaired) electrons. The second kappa shape index (κ2) is 5.78. The van der Waals surface area contributed by atoms with Crippen molar-refractivity contribution in [3.8, 4) is 23.1 Å². The summed E-state index contributed by atoms with van der Waals surface area (Å²) < 4.78 is 21.9. The molecule has 0 N–H and O–H groups in total. The summed E-state index contributed by atoms with van der Waals surface area (Å²) in [7, 11) is 1.46. The van der Waals surface area contributed by atoms with E-state index in [1.807, 2.05) is 0 Å². The first-order chi connectivity index (χ1) is 12.2. The molecule has 0 spiro atoms. The molecular formula is C16H11FN6O2. The lowest BCUT2D eigenvalue weighted by atomic mass is 10.2. The Bertz CT molecular complexity index is 1090. The van der Waals surface area contributed by atoms with Crippen molar-refractivity contribution in [3.63, 3.8) is 0 Å². The molecule has 4 aromatic rings. The number of ether oxygens (including phenoxy) is 1. The Morgan fingerprint density at radius 2 is 2.16 bits per heavy atom. The Hall–Kier alpha value is -3.62. The zero-order valence-corrected chi connectivity index (χ0v) is 13.0. The summed E-state index contributed by atoms with van der Waals surface area (Å²) >= 11 is 0. The lowest BCUT2D eigenvalue weighted by Gasteiger charge is -2.10. The number of carbonyl (C=O) groups is 1. The van der Waals surface area contributed by atoms with Gasteiger partial charge in [-0.3, -0.25) is 9.36 Å². The fraction of sp³-hybridized carbons (Fsp3) is 0.0625. The minimum Gasteiger partial charge on any atom is -0.481 e. The van der Waals surface area contributed by atoms with Crippen molar-refractivity contribution in [2.24, 2.45) is 0 Å². The molecule has 0 aromatic carbocycles. The highest BCUT2D eigenvalue weighted by Gasteiger charge is 2.16. The molecule has 0 fully saturated rings. The van der Waals surface area contributed by atoms with Crippen LogP contribution in [0, 0.1) is 5.82 Å². The Labute approximate surface area is 140 Å². The Balaban J connectivity index is 1.91. The normalized spacial score (nSPS) is 11.0. The van der Waals surface area contributed by atoms with Crippen LogP contribution in [-0.4, -0.2) is 42.5 Å². The third-order valence-electron chi connectivity index (χ3n) is 3.66. The van der Waals surface area contributed by atoms with Crippen molar-refractivity contribution in [3.05, 3.63) is 54.5 Å². The van der Waals surface area contributed by atoms with Crippen molar-refractivity contribution in [1.29, 1.82) is 0 Å². The summed E-state index contributed by atoms with van der Waals surface area (Å²) in [5, 5.41) is 4.00. The van der Waals surface area contributed by atoms with Gasteiger partial charge in [0.1, 0.15) is 12.1 Å². The molecule has 0 bridgehead atoms. The number of rotatable bonds is 4. The van der Waals surface area contributed by atoms with Gasteiger partial charge in [0.2, 0.25) is 11.8 Å². The number of hydrogen-bond donors (Lipinski definition) is 0. The number of pyridine rings is 1. The van der Waals surface area contributed by atoms with E-state index in [-0.39, 0.29) is 5.88 Å². The van der Waals surface area contributed by atoms with Crippen molar-refractivity contribution in [1.82, 2.24) is 29.1 Å². The van der Waals surface area contributed by atoms with Crippen LogP contribution < -0.4 is 4.74 Å². The van der Waals surface area contributed by atoms with E-state index < -0.39 is 5.82 Å². The summed E-state index contributed by atoms with van der Waals surface area (Å²) in [6, 6.07) is 4.86. The molecule has 0 saturated heterocycles. The van der Waals surface area contributed by atoms with Gasteiger partial charge < -0.3 is 4.74 Å². The van der Waals surface area contributed by atoms with Crippen LogP contribution in [0.15, 0.2) is 43.1 Å². The van der Waals surface area contributed by atoms with E-state index in [2.05, 4.69) is 20.1 Å². The van der Waals surface area contributed by atoms with Crippen molar-refractivity contribution in [2.45, 2.75) is 0 Å². The van der Waals surface area contributed by atoms with Gasteiger partial charge in [0.25, 0.3) is 0 Å². The predicted octanol–water partition coefficient (Wildman–Crippen LogP) is 1.94. The SMILES string of the molecule is COc1ncc(F)cc1-c1cccn1-c1ncn2ncc(C=O)c2n1. The van der Waals surface area contributed by atoms with E-state index >= 15 is 0 Å². The minimum atomic E-state index is -0.487. The highest BCUT2D eigenvalue weighted by Crippen LogP contribution is 2.30. The van der Waals surface area contributed by atoms with E-state index in [9.17, 15) is 9.18 Å². The highest BCUT2D eigenvalue weighted by atomic mass is 19.1. The first-order valence-corrected chi connectivity index (χ1v) is 7.24. The number of fused-ring (bicyclic) bond motifs is 1. The smallest absolute Gasteiger partial charge is 0.237 e. The Morgan fingerprint density at radius 3 is 2.96 bits per heavy atom. The van der Waals surface area contributed by atoms with Crippen LogP contribution in [0.1, 0.15) is 10.4 Å². The number of halogens is 1. The molecule has 0 atom stereocenters. The molecule has 4 aromatic heterocycles. The third-order valence-corrected chi connectivity index (χ3v) is 3.66. The topological polar surface area (TPSA) is 87.2 Å². The van der Waals surface area contributed by atoms with Crippen LogP contribution in [-0.2, 0) is 0 Å². The van der Waals surface area contributed by atoms with Gasteiger partial charge in [-0.1, -0.05) is 0 Å². The summed E-state index contributed by atoms with van der Waals surface area (Å²) in [5.41, 5.74) is 1.78. The van der Waals surface area contributed by atoms with E-state index in [1.165, 1.54) is 30.2 Å². The van der Waals surface area contributed by atoms with Crippen LogP contribution in [0.2, 0.25) is 0 Å². The zero-order chi connectivity index (χ0) is 17.4. The van der Waals surface area contributed by atoms with E-state index in [1.54, 1.807) is 22.9 Å². The van der Waals surface area contributed by atoms with E-state index in [4.69, 9.17) is 4.74 Å². The fourth-order valence-electron chi connectivity index (χ4n) is 2.55. The van der Waals surface area contributed by atoms with Crippen LogP contribution in [0.4, 0.5) is 4.39 Å². The van der Waals surface area contributed by atoms with Gasteiger partial charge in [-0.05, 0) is 18.2 Å². The van der Waals surface area contributed by atoms with Gasteiger partial charge >= 0.3 is 0 Å². The van der Waals surface area contributed by atoms with E-state index in [0.29, 0.717) is 34.7 Å². The van der Waals surface area contributed by atoms with Gasteiger partial charge in [-0.2, -0.15) is 10.1 Å². The lowest BCUT2D eigenvalue weighted by molar-refractivity contribution is 0.112. The van der Waals surface area contributed by atoms with Gasteiger partial charge in [0.05, 0.1) is 36.3 Å². The number of aromatic nitrogens is 6. The number of nitrogens with zero attached hydrogens (tertiary/aromatic N) is 6. The van der Waals surface area contributed by atoms with Crippen molar-refractivity contribution >= 4 is 11.9 Å². The summed E-state index contributed by atoms with van der Waals surface area (Å²) in [5.74, 6) is 0.0988. The molecule has 0 saturated carbocycles. The minimum absolute atomic E-state index is 0.278. The number of methoxy groups -OCH3 is 1. The standard InChI is InChI=1S/C16H11FN6O2/c1-25-15-12(5-11(17)7-18-15)13-3-2-4-22(13)16-19-9-23-14(21-16)10(8-24)6-20-23/h2-9H,1H3. The molecule has 4 heterocycles. The first-order valence-electron chi connectivity index (χ1n) is 7.24. The van der Waals surface area contributed by atoms with Gasteiger partial charge in [-0.15, -0.1) is 0 Å². The lowest BCUT2D eigenvalue weighted by Crippen LogP contribution is -2.05. The quantitative estimate of drug-likeness (QED) is 0.529. The molecule has 0 aliphatic rings. The molecule has 124 valence electrons. The number of hydrogen-bond acceptors (Lipinski definition) is 6. The van der Waals surface area contributed by atoms with Gasteiger partial charge in [0, 0.05) is 6.20 Å². The zero-order valence-electron chi connectivity index (χ0n) is 13.0. The monoisotopic (exact) mass is 338 g/mol. The maximum Gasteiger partial charge on any atom is 0.237 e. The predicted molar refractivity (Wildman–Crippen MR) is 85.2 cm³/mol. The maximum absolute atomic E-state index is 13.7. The molecule has 0 unspecified atom stereocenters. The first kappa shape index (κ1) is 14.9. The second-order valence-electron chi connectivity index (χ2n) is 5.12. The number of aldehydes is 1. The molecule has 0 amide bonds. The molecule has 9 heteroatoms. The van der Waals surface area contributed by atoms with Crippen molar-refractivity contribution in [2.75, 3.05) is 7.11 Å². The Kier molecular flexibility index (Phi) is 3.46. The largest absolute Gasteiger partial charge is 0.481 e. The molecule has 4 rings (SSSR count). The summed E-state index contributed by atoms with van der Waals surface area (Å²) in [4.78, 5) is 23.7. The fourth-order valence-corrected chi connectivity index (χ4v) is 2.55. The second-order valence-corrected chi connectivity index (χ2v) is 5.12. The van der Waals surface area contributed by atoms with Gasteiger partial charge in [0.15, 0.2) is 11.9 Å². The van der Waals surface area contributed by atoms with E-state index in [0.717, 1.165) is 6.20 Å². The van der Waals surface area contributed by atoms with Crippen molar-refractivity contribution < 1.29 is 13.9 Å². The number of carbonyl (C=O) groups excluding carboxylic acids is 1. The van der Waals surface area contributed by atoms with Crippen LogP contribution in [0.5, 0.6) is 5.88 Å². The average molecular weight is 338 g/mol. The maximum atomic E-state index is 13.7. The average Bonchev–Trinajstić information content (AvgIpc) is 3.27. The van der Waals surface area contributed by atoms with Gasteiger partial charge in [-0.25, -0.2) is 18.9 Å². The molecule has 0 aliphatic carbocycles. The molecule has 25 heavy (non-hydrogen) atoms. The Morgan fingerprint density at radius 1 is 1.28 bits per heavy atom. The third kappa shape index (κ3) is 2.42. The van der Waals surface area contributed by atoms with Crippen LogP contribution in [0.25, 0.3) is 22.9 Å². The van der Waals surface area contributed by atoms with Crippen LogP contribution >= 0.6 is 0 Å². The highest BCUT2D eigenvalue weighted by molar-refractivity contribution is 5.83. The molecule has 0 aliphatic heterocycles. The summed E-state index contributed by atoms with van der Waals surface area (Å²) in [6.07, 6.45) is 6.35. The summed E-state index contributed by atoms with van der Waals surface area (Å²) in [6.45, 7) is 0.